The topological polar surface area (TPSA) is 79.6 Å². The molecule has 0 heterocycles. The molecule has 0 spiro atoms. The lowest BCUT2D eigenvalue weighted by Gasteiger charge is -2.11. The van der Waals surface area contributed by atoms with Gasteiger partial charge in [-0.25, -0.2) is 4.79 Å². The van der Waals surface area contributed by atoms with Crippen LogP contribution >= 0.6 is 0 Å². The molecule has 0 fully saturated rings. The fraction of sp³-hybridized carbons (Fsp3) is 0.333. The molecule has 0 saturated carbocycles. The van der Waals surface area contributed by atoms with Gasteiger partial charge in [-0.1, -0.05) is 0 Å². The Morgan fingerprint density at radius 1 is 1.53 bits per heavy atom. The second kappa shape index (κ2) is 6.66. The zero-order valence-electron chi connectivity index (χ0n) is 10.0. The number of aliphatic hydroxyl groups excluding tert-OH is 1. The van der Waals surface area contributed by atoms with Crippen molar-refractivity contribution in [2.75, 3.05) is 6.61 Å². The molecule has 0 amide bonds. The predicted octanol–water partition coefficient (Wildman–Crippen LogP) is 1.83. The first-order chi connectivity index (χ1) is 9.03. The molecule has 102 valence electrons. The van der Waals surface area contributed by atoms with Crippen molar-refractivity contribution in [3.05, 3.63) is 28.8 Å². The molecule has 1 N–H and O–H groups in total. The minimum Gasteiger partial charge on any atom is -0.462 e. The van der Waals surface area contributed by atoms with Gasteiger partial charge >= 0.3 is 12.6 Å². The summed E-state index contributed by atoms with van der Waals surface area (Å²) >= 11 is 0. The predicted molar refractivity (Wildman–Crippen MR) is 59.7 cm³/mol. The SMILES string of the molecule is CCOC(=O)c1cc(CO)cc(OC(F)F)c1C#N. The van der Waals surface area contributed by atoms with Crippen molar-refractivity contribution in [1.82, 2.24) is 0 Å². The summed E-state index contributed by atoms with van der Waals surface area (Å²) in [5, 5.41) is 18.0. The molecule has 1 rings (SSSR count). The first-order valence-corrected chi connectivity index (χ1v) is 5.33. The summed E-state index contributed by atoms with van der Waals surface area (Å²) in [6.45, 7) is -2.00. The van der Waals surface area contributed by atoms with E-state index in [9.17, 15) is 13.6 Å². The number of nitrogens with zero attached hydrogens (tertiary/aromatic N) is 1. The normalized spacial score (nSPS) is 10.1. The lowest BCUT2D eigenvalue weighted by atomic mass is 10.0. The van der Waals surface area contributed by atoms with Gasteiger partial charge in [-0.05, 0) is 24.6 Å². The minimum atomic E-state index is -3.14. The van der Waals surface area contributed by atoms with Crippen molar-refractivity contribution in [2.45, 2.75) is 20.1 Å². The van der Waals surface area contributed by atoms with Crippen LogP contribution < -0.4 is 4.74 Å². The Labute approximate surface area is 108 Å². The number of esters is 1. The fourth-order valence-electron chi connectivity index (χ4n) is 1.44. The van der Waals surface area contributed by atoms with Crippen LogP contribution in [-0.2, 0) is 11.3 Å². The summed E-state index contributed by atoms with van der Waals surface area (Å²) in [7, 11) is 0. The summed E-state index contributed by atoms with van der Waals surface area (Å²) in [6, 6.07) is 3.90. The lowest BCUT2D eigenvalue weighted by Crippen LogP contribution is -2.11. The van der Waals surface area contributed by atoms with Crippen LogP contribution in [0.5, 0.6) is 5.75 Å². The first-order valence-electron chi connectivity index (χ1n) is 5.33. The number of rotatable bonds is 5. The largest absolute Gasteiger partial charge is 0.462 e. The van der Waals surface area contributed by atoms with E-state index in [2.05, 4.69) is 4.74 Å². The van der Waals surface area contributed by atoms with E-state index in [1.165, 1.54) is 6.07 Å². The monoisotopic (exact) mass is 271 g/mol. The number of nitriles is 1. The third-order valence-corrected chi connectivity index (χ3v) is 2.17. The lowest BCUT2D eigenvalue weighted by molar-refractivity contribution is -0.0502. The van der Waals surface area contributed by atoms with Crippen LogP contribution in [0, 0.1) is 11.3 Å². The van der Waals surface area contributed by atoms with Crippen LogP contribution in [0.15, 0.2) is 12.1 Å². The van der Waals surface area contributed by atoms with E-state index in [0.29, 0.717) is 0 Å². The molecule has 0 saturated heterocycles. The summed E-state index contributed by atoms with van der Waals surface area (Å²) in [6.07, 6.45) is 0. The van der Waals surface area contributed by atoms with E-state index in [1.807, 2.05) is 0 Å². The van der Waals surface area contributed by atoms with Gasteiger partial charge in [0.2, 0.25) is 0 Å². The van der Waals surface area contributed by atoms with E-state index in [1.54, 1.807) is 13.0 Å². The second-order valence-corrected chi connectivity index (χ2v) is 3.39. The Hall–Kier alpha value is -2.20. The van der Waals surface area contributed by atoms with Crippen LogP contribution in [-0.4, -0.2) is 24.3 Å². The Morgan fingerprint density at radius 2 is 2.21 bits per heavy atom. The molecule has 1 aromatic rings. The molecule has 0 aliphatic rings. The molecule has 0 unspecified atom stereocenters. The average molecular weight is 271 g/mol. The van der Waals surface area contributed by atoms with Gasteiger partial charge in [-0.2, -0.15) is 14.0 Å². The highest BCUT2D eigenvalue weighted by Crippen LogP contribution is 2.26. The standard InChI is InChI=1S/C12H11F2NO4/c1-2-18-11(17)8-3-7(6-16)4-10(9(8)5-15)19-12(13)14/h3-4,12,16H,2,6H2,1H3. The molecule has 0 atom stereocenters. The second-order valence-electron chi connectivity index (χ2n) is 3.39. The number of hydrogen-bond acceptors (Lipinski definition) is 5. The quantitative estimate of drug-likeness (QED) is 0.826. The number of halogens is 2. The van der Waals surface area contributed by atoms with Crippen LogP contribution in [0.1, 0.15) is 28.4 Å². The van der Waals surface area contributed by atoms with Crippen molar-refractivity contribution < 1.29 is 28.2 Å². The Bertz CT molecular complexity index is 511. The zero-order valence-corrected chi connectivity index (χ0v) is 10.0. The van der Waals surface area contributed by atoms with Crippen LogP contribution in [0.4, 0.5) is 8.78 Å². The Morgan fingerprint density at radius 3 is 2.68 bits per heavy atom. The van der Waals surface area contributed by atoms with Crippen molar-refractivity contribution in [2.24, 2.45) is 0 Å². The van der Waals surface area contributed by atoms with Gasteiger partial charge in [0.1, 0.15) is 17.4 Å². The summed E-state index contributed by atoms with van der Waals surface area (Å²) in [4.78, 5) is 11.6. The highest BCUT2D eigenvalue weighted by atomic mass is 19.3. The van der Waals surface area contributed by atoms with E-state index >= 15 is 0 Å². The van der Waals surface area contributed by atoms with Gasteiger partial charge < -0.3 is 14.6 Å². The Kier molecular flexibility index (Phi) is 5.21. The molecule has 0 aliphatic heterocycles. The fourth-order valence-corrected chi connectivity index (χ4v) is 1.44. The molecular weight excluding hydrogens is 260 g/mol. The number of ether oxygens (including phenoxy) is 2. The highest BCUT2D eigenvalue weighted by molar-refractivity contribution is 5.93. The number of alkyl halides is 2. The molecule has 19 heavy (non-hydrogen) atoms. The summed E-state index contributed by atoms with van der Waals surface area (Å²) in [5.41, 5.74) is -0.403. The summed E-state index contributed by atoms with van der Waals surface area (Å²) in [5.74, 6) is -1.31. The molecule has 7 heteroatoms. The molecule has 0 bridgehead atoms. The number of hydrogen-bond donors (Lipinski definition) is 1. The third-order valence-electron chi connectivity index (χ3n) is 2.17. The van der Waals surface area contributed by atoms with E-state index in [0.717, 1.165) is 6.07 Å². The van der Waals surface area contributed by atoms with E-state index < -0.39 is 24.9 Å². The molecule has 1 aromatic carbocycles. The smallest absolute Gasteiger partial charge is 0.387 e. The van der Waals surface area contributed by atoms with E-state index in [4.69, 9.17) is 15.1 Å². The van der Waals surface area contributed by atoms with Crippen LogP contribution in [0.25, 0.3) is 0 Å². The van der Waals surface area contributed by atoms with Gasteiger partial charge in [0.25, 0.3) is 0 Å². The van der Waals surface area contributed by atoms with Crippen molar-refractivity contribution in [3.63, 3.8) is 0 Å². The van der Waals surface area contributed by atoms with Gasteiger partial charge in [0, 0.05) is 0 Å². The van der Waals surface area contributed by atoms with Crippen LogP contribution in [0.3, 0.4) is 0 Å². The molecule has 0 radical (unpaired) electrons. The van der Waals surface area contributed by atoms with Crippen LogP contribution in [0.2, 0.25) is 0 Å². The molecular formula is C12H11F2NO4. The average Bonchev–Trinajstić information content (AvgIpc) is 2.37. The van der Waals surface area contributed by atoms with Gasteiger partial charge in [0.15, 0.2) is 0 Å². The van der Waals surface area contributed by atoms with Crippen molar-refractivity contribution in [3.8, 4) is 11.8 Å². The number of carbonyl (C=O) groups is 1. The molecule has 5 nitrogen and oxygen atoms in total. The van der Waals surface area contributed by atoms with E-state index in [-0.39, 0.29) is 23.3 Å². The van der Waals surface area contributed by atoms with Crippen molar-refractivity contribution in [1.29, 1.82) is 5.26 Å². The third kappa shape index (κ3) is 3.63. The first kappa shape index (κ1) is 14.9. The van der Waals surface area contributed by atoms with Gasteiger partial charge in [0.05, 0.1) is 18.8 Å². The molecule has 0 aromatic heterocycles. The number of aliphatic hydroxyl groups is 1. The van der Waals surface area contributed by atoms with Gasteiger partial charge in [-0.3, -0.25) is 0 Å². The molecule has 0 aliphatic carbocycles. The maximum absolute atomic E-state index is 12.2. The number of carbonyl (C=O) groups excluding carboxylic acids is 1. The highest BCUT2D eigenvalue weighted by Gasteiger charge is 2.20. The Balaban J connectivity index is 3.35. The minimum absolute atomic E-state index is 0.0676. The zero-order chi connectivity index (χ0) is 14.4. The van der Waals surface area contributed by atoms with Gasteiger partial charge in [-0.15, -0.1) is 0 Å². The maximum atomic E-state index is 12.2. The maximum Gasteiger partial charge on any atom is 0.387 e. The van der Waals surface area contributed by atoms with Crippen molar-refractivity contribution >= 4 is 5.97 Å². The summed E-state index contributed by atoms with van der Waals surface area (Å²) < 4.78 is 33.4. The number of benzene rings is 1.